The van der Waals surface area contributed by atoms with Gasteiger partial charge in [0.1, 0.15) is 5.75 Å². The third-order valence-corrected chi connectivity index (χ3v) is 5.75. The lowest BCUT2D eigenvalue weighted by molar-refractivity contribution is 0.101. The van der Waals surface area contributed by atoms with Crippen LogP contribution in [0.5, 0.6) is 5.75 Å². The Kier molecular flexibility index (Phi) is 11.9. The highest BCUT2D eigenvalue weighted by molar-refractivity contribution is 5.94. The van der Waals surface area contributed by atoms with E-state index in [0.29, 0.717) is 0 Å². The second kappa shape index (κ2) is 14.8. The minimum absolute atomic E-state index is 0.100. The molecule has 0 fully saturated rings. The number of rotatable bonds is 16. The molecule has 2 rings (SSSR count). The molecule has 2 nitrogen and oxygen atoms in total. The molecule has 0 unspecified atom stereocenters. The molecular formula is C28H40O2. The predicted molar refractivity (Wildman–Crippen MR) is 128 cm³/mol. The molecule has 0 aliphatic carbocycles. The summed E-state index contributed by atoms with van der Waals surface area (Å²) in [4.78, 5) is 11.4. The molecule has 0 radical (unpaired) electrons. The number of ketones is 1. The molecule has 2 aromatic carbocycles. The number of ether oxygens (including phenoxy) is 1. The van der Waals surface area contributed by atoms with Crippen molar-refractivity contribution in [2.24, 2.45) is 0 Å². The van der Waals surface area contributed by atoms with Crippen LogP contribution in [0, 0.1) is 0 Å². The van der Waals surface area contributed by atoms with Gasteiger partial charge in [0.05, 0.1) is 6.61 Å². The maximum absolute atomic E-state index is 11.4. The Morgan fingerprint density at radius 2 is 1.07 bits per heavy atom. The van der Waals surface area contributed by atoms with Crippen LogP contribution in [0.2, 0.25) is 0 Å². The number of hydrogen-bond donors (Lipinski definition) is 0. The molecule has 0 spiro atoms. The van der Waals surface area contributed by atoms with E-state index >= 15 is 0 Å². The summed E-state index contributed by atoms with van der Waals surface area (Å²) < 4.78 is 5.89. The second-order valence-corrected chi connectivity index (χ2v) is 8.40. The molecule has 2 heteroatoms. The third kappa shape index (κ3) is 9.61. The van der Waals surface area contributed by atoms with Gasteiger partial charge in [-0.2, -0.15) is 0 Å². The van der Waals surface area contributed by atoms with Gasteiger partial charge in [0, 0.05) is 5.56 Å². The summed E-state index contributed by atoms with van der Waals surface area (Å²) in [5, 5.41) is 0. The van der Waals surface area contributed by atoms with Crippen molar-refractivity contribution in [3.05, 3.63) is 54.1 Å². The van der Waals surface area contributed by atoms with E-state index in [1.165, 1.54) is 70.6 Å². The van der Waals surface area contributed by atoms with Gasteiger partial charge < -0.3 is 4.74 Å². The van der Waals surface area contributed by atoms with Gasteiger partial charge in [0.25, 0.3) is 0 Å². The first kappa shape index (κ1) is 24.2. The first-order valence-corrected chi connectivity index (χ1v) is 12.0. The van der Waals surface area contributed by atoms with Crippen LogP contribution < -0.4 is 4.74 Å². The fourth-order valence-corrected chi connectivity index (χ4v) is 3.77. The molecule has 0 N–H and O–H groups in total. The zero-order valence-corrected chi connectivity index (χ0v) is 19.1. The highest BCUT2D eigenvalue weighted by Gasteiger charge is 2.02. The number of unbranched alkanes of at least 4 members (excludes halogenated alkanes) is 11. The standard InChI is InChI=1S/C28H40O2/c1-3-4-5-6-7-8-9-10-11-12-13-14-23-30-28-21-19-27(20-22-28)26-17-15-25(16-18-26)24(2)29/h15-22H,3-14,23H2,1-2H3. The molecule has 0 heterocycles. The van der Waals surface area contributed by atoms with Gasteiger partial charge >= 0.3 is 0 Å². The quantitative estimate of drug-likeness (QED) is 0.205. The fraction of sp³-hybridized carbons (Fsp3) is 0.536. The second-order valence-electron chi connectivity index (χ2n) is 8.40. The van der Waals surface area contributed by atoms with E-state index in [1.807, 2.05) is 36.4 Å². The van der Waals surface area contributed by atoms with Gasteiger partial charge in [-0.25, -0.2) is 0 Å². The van der Waals surface area contributed by atoms with Crippen molar-refractivity contribution < 1.29 is 9.53 Å². The van der Waals surface area contributed by atoms with E-state index in [2.05, 4.69) is 19.1 Å². The van der Waals surface area contributed by atoms with Crippen molar-refractivity contribution in [1.82, 2.24) is 0 Å². The van der Waals surface area contributed by atoms with Crippen molar-refractivity contribution in [3.63, 3.8) is 0 Å². The monoisotopic (exact) mass is 408 g/mol. The minimum Gasteiger partial charge on any atom is -0.494 e. The number of hydrogen-bond acceptors (Lipinski definition) is 2. The number of Topliss-reactive ketones (excluding diaryl/α,β-unsaturated/α-hetero) is 1. The van der Waals surface area contributed by atoms with E-state index in [9.17, 15) is 4.79 Å². The largest absolute Gasteiger partial charge is 0.494 e. The van der Waals surface area contributed by atoms with Crippen molar-refractivity contribution in [3.8, 4) is 16.9 Å². The van der Waals surface area contributed by atoms with Gasteiger partial charge in [-0.15, -0.1) is 0 Å². The van der Waals surface area contributed by atoms with E-state index < -0.39 is 0 Å². The summed E-state index contributed by atoms with van der Waals surface area (Å²) in [5.41, 5.74) is 3.01. The van der Waals surface area contributed by atoms with E-state index in [1.54, 1.807) is 6.92 Å². The molecule has 0 atom stereocenters. The van der Waals surface area contributed by atoms with Crippen LogP contribution in [0.15, 0.2) is 48.5 Å². The zero-order chi connectivity index (χ0) is 21.4. The number of carbonyl (C=O) groups is 1. The maximum Gasteiger partial charge on any atom is 0.159 e. The van der Waals surface area contributed by atoms with Crippen LogP contribution in [0.4, 0.5) is 0 Å². The Morgan fingerprint density at radius 3 is 1.53 bits per heavy atom. The van der Waals surface area contributed by atoms with Gasteiger partial charge in [-0.05, 0) is 36.6 Å². The van der Waals surface area contributed by atoms with Crippen molar-refractivity contribution in [2.75, 3.05) is 6.61 Å². The molecule has 0 aliphatic heterocycles. The number of benzene rings is 2. The first-order chi connectivity index (χ1) is 14.7. The summed E-state index contributed by atoms with van der Waals surface area (Å²) in [6.07, 6.45) is 16.3. The Balaban J connectivity index is 1.52. The molecular weight excluding hydrogens is 368 g/mol. The van der Waals surface area contributed by atoms with Gasteiger partial charge in [-0.3, -0.25) is 4.79 Å². The smallest absolute Gasteiger partial charge is 0.159 e. The van der Waals surface area contributed by atoms with Gasteiger partial charge in [0.2, 0.25) is 0 Å². The SMILES string of the molecule is CCCCCCCCCCCCCCOc1ccc(-c2ccc(C(C)=O)cc2)cc1. The van der Waals surface area contributed by atoms with Crippen LogP contribution in [-0.4, -0.2) is 12.4 Å². The summed E-state index contributed by atoms with van der Waals surface area (Å²) in [6.45, 7) is 4.67. The minimum atomic E-state index is 0.100. The highest BCUT2D eigenvalue weighted by atomic mass is 16.5. The summed E-state index contributed by atoms with van der Waals surface area (Å²) in [6, 6.07) is 16.0. The molecule has 30 heavy (non-hydrogen) atoms. The normalized spacial score (nSPS) is 10.9. The van der Waals surface area contributed by atoms with Gasteiger partial charge in [0.15, 0.2) is 5.78 Å². The van der Waals surface area contributed by atoms with Crippen LogP contribution in [0.25, 0.3) is 11.1 Å². The fourth-order valence-electron chi connectivity index (χ4n) is 3.77. The average Bonchev–Trinajstić information content (AvgIpc) is 2.77. The Hall–Kier alpha value is -2.09. The zero-order valence-electron chi connectivity index (χ0n) is 19.1. The third-order valence-electron chi connectivity index (χ3n) is 5.75. The molecule has 0 saturated carbocycles. The lowest BCUT2D eigenvalue weighted by Crippen LogP contribution is -1.97. The van der Waals surface area contributed by atoms with Crippen molar-refractivity contribution in [1.29, 1.82) is 0 Å². The van der Waals surface area contributed by atoms with Gasteiger partial charge in [-0.1, -0.05) is 114 Å². The lowest BCUT2D eigenvalue weighted by Gasteiger charge is -2.08. The van der Waals surface area contributed by atoms with Crippen molar-refractivity contribution in [2.45, 2.75) is 90.9 Å². The first-order valence-electron chi connectivity index (χ1n) is 12.0. The predicted octanol–water partition coefficient (Wildman–Crippen LogP) is 8.64. The molecule has 0 bridgehead atoms. The lowest BCUT2D eigenvalue weighted by atomic mass is 10.0. The van der Waals surface area contributed by atoms with E-state index in [4.69, 9.17) is 4.74 Å². The molecule has 2 aromatic rings. The molecule has 0 saturated heterocycles. The van der Waals surface area contributed by atoms with E-state index in [-0.39, 0.29) is 5.78 Å². The Bertz CT molecular complexity index is 700. The molecule has 0 aliphatic rings. The van der Waals surface area contributed by atoms with E-state index in [0.717, 1.165) is 35.5 Å². The van der Waals surface area contributed by atoms with Crippen molar-refractivity contribution >= 4 is 5.78 Å². The highest BCUT2D eigenvalue weighted by Crippen LogP contribution is 2.23. The van der Waals surface area contributed by atoms with Crippen LogP contribution in [-0.2, 0) is 0 Å². The Labute approximate surface area is 184 Å². The van der Waals surface area contributed by atoms with Crippen LogP contribution in [0.1, 0.15) is 101 Å². The summed E-state index contributed by atoms with van der Waals surface area (Å²) in [7, 11) is 0. The van der Waals surface area contributed by atoms with Crippen LogP contribution in [0.3, 0.4) is 0 Å². The molecule has 0 amide bonds. The summed E-state index contributed by atoms with van der Waals surface area (Å²) in [5.74, 6) is 1.03. The molecule has 164 valence electrons. The average molecular weight is 409 g/mol. The summed E-state index contributed by atoms with van der Waals surface area (Å²) >= 11 is 0. The van der Waals surface area contributed by atoms with Crippen LogP contribution >= 0.6 is 0 Å². The Morgan fingerprint density at radius 1 is 0.633 bits per heavy atom. The molecule has 0 aromatic heterocycles. The maximum atomic E-state index is 11.4. The topological polar surface area (TPSA) is 26.3 Å². The number of carbonyl (C=O) groups excluding carboxylic acids is 1.